The van der Waals surface area contributed by atoms with E-state index in [0.29, 0.717) is 5.95 Å². The summed E-state index contributed by atoms with van der Waals surface area (Å²) in [5.41, 5.74) is 4.76. The van der Waals surface area contributed by atoms with Gasteiger partial charge >= 0.3 is 0 Å². The fourth-order valence-electron chi connectivity index (χ4n) is 2.81. The number of halogens is 1. The lowest BCUT2D eigenvalue weighted by Gasteiger charge is -2.04. The van der Waals surface area contributed by atoms with Crippen LogP contribution >= 0.6 is 11.3 Å². The molecule has 0 aliphatic carbocycles. The molecule has 0 unspecified atom stereocenters. The molecule has 24 heavy (non-hydrogen) atoms. The first kappa shape index (κ1) is 14.8. The van der Waals surface area contributed by atoms with Crippen molar-refractivity contribution in [3.8, 4) is 27.8 Å². The van der Waals surface area contributed by atoms with Crippen LogP contribution in [0.1, 0.15) is 11.4 Å². The lowest BCUT2D eigenvalue weighted by Crippen LogP contribution is -2.01. The number of hydrogen-bond donors (Lipinski definition) is 1. The van der Waals surface area contributed by atoms with E-state index in [4.69, 9.17) is 0 Å². The standard InChI is InChI=1S/C17H14FN5S/c1-10-6-14(11(2)23(10)17-19-9-20-22-17)15-8-24-16(21-15)12-4-3-5-13(18)7-12/h3-9H,1-2H3,(H,19,20,22). The molecule has 4 rings (SSSR count). The van der Waals surface area contributed by atoms with Gasteiger partial charge in [0.05, 0.1) is 5.69 Å². The highest BCUT2D eigenvalue weighted by molar-refractivity contribution is 7.13. The van der Waals surface area contributed by atoms with Gasteiger partial charge in [0, 0.05) is 27.9 Å². The van der Waals surface area contributed by atoms with Crippen LogP contribution in [0.3, 0.4) is 0 Å². The van der Waals surface area contributed by atoms with Gasteiger partial charge in [0.2, 0.25) is 5.95 Å². The Morgan fingerprint density at radius 3 is 2.83 bits per heavy atom. The predicted octanol–water partition coefficient (Wildman–Crippen LogP) is 4.14. The zero-order valence-corrected chi connectivity index (χ0v) is 13.9. The average Bonchev–Trinajstić information content (AvgIpc) is 3.28. The van der Waals surface area contributed by atoms with Crippen molar-refractivity contribution in [1.82, 2.24) is 24.7 Å². The predicted molar refractivity (Wildman–Crippen MR) is 91.7 cm³/mol. The second kappa shape index (κ2) is 5.68. The molecule has 0 aliphatic rings. The SMILES string of the molecule is Cc1cc(-c2csc(-c3cccc(F)c3)n2)c(C)n1-c1ncn[nH]1. The minimum atomic E-state index is -0.257. The van der Waals surface area contributed by atoms with Crippen molar-refractivity contribution in [1.29, 1.82) is 0 Å². The molecular weight excluding hydrogens is 325 g/mol. The average molecular weight is 339 g/mol. The van der Waals surface area contributed by atoms with Gasteiger partial charge in [0.1, 0.15) is 17.2 Å². The molecule has 7 heteroatoms. The van der Waals surface area contributed by atoms with Gasteiger partial charge in [-0.05, 0) is 32.0 Å². The normalized spacial score (nSPS) is 11.1. The van der Waals surface area contributed by atoms with Gasteiger partial charge < -0.3 is 0 Å². The van der Waals surface area contributed by atoms with Crippen molar-refractivity contribution in [2.45, 2.75) is 13.8 Å². The lowest BCUT2D eigenvalue weighted by molar-refractivity contribution is 0.628. The third kappa shape index (κ3) is 2.43. The molecule has 0 radical (unpaired) electrons. The number of H-pyrrole nitrogens is 1. The molecule has 0 bridgehead atoms. The first-order valence-electron chi connectivity index (χ1n) is 7.40. The summed E-state index contributed by atoms with van der Waals surface area (Å²) in [7, 11) is 0. The quantitative estimate of drug-likeness (QED) is 0.610. The van der Waals surface area contributed by atoms with E-state index in [1.54, 1.807) is 6.07 Å². The summed E-state index contributed by atoms with van der Waals surface area (Å²) in [6, 6.07) is 8.57. The van der Waals surface area contributed by atoms with Gasteiger partial charge in [0.25, 0.3) is 0 Å². The maximum Gasteiger partial charge on any atom is 0.229 e. The first-order chi connectivity index (χ1) is 11.6. The van der Waals surface area contributed by atoms with Crippen LogP contribution in [0, 0.1) is 19.7 Å². The van der Waals surface area contributed by atoms with Crippen LogP contribution in [-0.4, -0.2) is 24.7 Å². The van der Waals surface area contributed by atoms with E-state index in [9.17, 15) is 4.39 Å². The van der Waals surface area contributed by atoms with E-state index >= 15 is 0 Å². The smallest absolute Gasteiger partial charge is 0.229 e. The Morgan fingerprint density at radius 2 is 2.08 bits per heavy atom. The fourth-order valence-corrected chi connectivity index (χ4v) is 3.62. The van der Waals surface area contributed by atoms with Crippen molar-refractivity contribution in [2.24, 2.45) is 0 Å². The number of aromatic nitrogens is 5. The van der Waals surface area contributed by atoms with Crippen molar-refractivity contribution < 1.29 is 4.39 Å². The van der Waals surface area contributed by atoms with E-state index in [1.165, 1.54) is 29.8 Å². The summed E-state index contributed by atoms with van der Waals surface area (Å²) in [6.45, 7) is 4.03. The Kier molecular flexibility index (Phi) is 3.50. The summed E-state index contributed by atoms with van der Waals surface area (Å²) in [5.74, 6) is 0.421. The molecule has 0 aliphatic heterocycles. The van der Waals surface area contributed by atoms with Gasteiger partial charge in [-0.15, -0.1) is 11.3 Å². The lowest BCUT2D eigenvalue weighted by atomic mass is 10.2. The molecule has 5 nitrogen and oxygen atoms in total. The minimum absolute atomic E-state index is 0.257. The molecule has 1 N–H and O–H groups in total. The summed E-state index contributed by atoms with van der Waals surface area (Å²) in [5, 5.41) is 9.58. The highest BCUT2D eigenvalue weighted by atomic mass is 32.1. The number of hydrogen-bond acceptors (Lipinski definition) is 4. The molecule has 3 aromatic heterocycles. The van der Waals surface area contributed by atoms with E-state index in [0.717, 1.165) is 33.2 Å². The Bertz CT molecular complexity index is 1000. The molecule has 3 heterocycles. The highest BCUT2D eigenvalue weighted by Gasteiger charge is 2.16. The highest BCUT2D eigenvalue weighted by Crippen LogP contribution is 2.32. The molecule has 120 valence electrons. The molecular formula is C17H14FN5S. The van der Waals surface area contributed by atoms with Crippen LogP contribution in [0.4, 0.5) is 4.39 Å². The van der Waals surface area contributed by atoms with Crippen LogP contribution in [0.2, 0.25) is 0 Å². The third-order valence-corrected chi connectivity index (χ3v) is 4.79. The Morgan fingerprint density at radius 1 is 1.21 bits per heavy atom. The first-order valence-corrected chi connectivity index (χ1v) is 8.28. The van der Waals surface area contributed by atoms with Crippen molar-refractivity contribution in [3.05, 3.63) is 59.2 Å². The Balaban J connectivity index is 1.77. The zero-order chi connectivity index (χ0) is 16.7. The number of thiazole rings is 1. The molecule has 0 saturated carbocycles. The number of nitrogens with one attached hydrogen (secondary N) is 1. The van der Waals surface area contributed by atoms with Crippen molar-refractivity contribution in [3.63, 3.8) is 0 Å². The third-order valence-electron chi connectivity index (χ3n) is 3.90. The van der Waals surface area contributed by atoms with Crippen molar-refractivity contribution in [2.75, 3.05) is 0 Å². The van der Waals surface area contributed by atoms with Crippen molar-refractivity contribution >= 4 is 11.3 Å². The van der Waals surface area contributed by atoms with E-state index in [1.807, 2.05) is 29.9 Å². The molecule has 4 aromatic rings. The van der Waals surface area contributed by atoms with E-state index < -0.39 is 0 Å². The Labute approximate surface area is 141 Å². The molecule has 1 aromatic carbocycles. The summed E-state index contributed by atoms with van der Waals surface area (Å²) >= 11 is 1.50. The summed E-state index contributed by atoms with van der Waals surface area (Å²) in [6.07, 6.45) is 1.48. The van der Waals surface area contributed by atoms with Gasteiger partial charge in [-0.1, -0.05) is 12.1 Å². The zero-order valence-electron chi connectivity index (χ0n) is 13.1. The molecule has 0 fully saturated rings. The van der Waals surface area contributed by atoms with Gasteiger partial charge in [-0.3, -0.25) is 4.57 Å². The summed E-state index contributed by atoms with van der Waals surface area (Å²) < 4.78 is 15.4. The van der Waals surface area contributed by atoms with Crippen LogP contribution in [0.15, 0.2) is 42.0 Å². The van der Waals surface area contributed by atoms with E-state index in [2.05, 4.69) is 26.2 Å². The van der Waals surface area contributed by atoms with Gasteiger partial charge in [-0.2, -0.15) is 10.1 Å². The largest absolute Gasteiger partial charge is 0.287 e. The number of rotatable bonds is 3. The Hall–Kier alpha value is -2.80. The summed E-state index contributed by atoms with van der Waals surface area (Å²) in [4.78, 5) is 8.90. The second-order valence-electron chi connectivity index (χ2n) is 5.48. The number of aryl methyl sites for hydroxylation is 1. The van der Waals surface area contributed by atoms with Crippen LogP contribution in [0.5, 0.6) is 0 Å². The molecule has 0 spiro atoms. The van der Waals surface area contributed by atoms with E-state index in [-0.39, 0.29) is 5.82 Å². The minimum Gasteiger partial charge on any atom is -0.287 e. The van der Waals surface area contributed by atoms with Crippen LogP contribution in [0.25, 0.3) is 27.8 Å². The fraction of sp³-hybridized carbons (Fsp3) is 0.118. The second-order valence-corrected chi connectivity index (χ2v) is 6.34. The van der Waals surface area contributed by atoms with Crippen LogP contribution < -0.4 is 0 Å². The molecule has 0 amide bonds. The number of benzene rings is 1. The topological polar surface area (TPSA) is 59.4 Å². The maximum atomic E-state index is 13.4. The molecule has 0 saturated heterocycles. The van der Waals surface area contributed by atoms with Gasteiger partial charge in [0.15, 0.2) is 0 Å². The maximum absolute atomic E-state index is 13.4. The number of nitrogens with zero attached hydrogens (tertiary/aromatic N) is 4. The monoisotopic (exact) mass is 339 g/mol. The molecule has 0 atom stereocenters. The number of aromatic amines is 1. The van der Waals surface area contributed by atoms with Crippen LogP contribution in [-0.2, 0) is 0 Å². The van der Waals surface area contributed by atoms with Gasteiger partial charge in [-0.25, -0.2) is 14.5 Å².